The van der Waals surface area contributed by atoms with Crippen molar-refractivity contribution in [3.63, 3.8) is 0 Å². The second-order valence-electron chi connectivity index (χ2n) is 17.0. The average molecular weight is 779 g/mol. The van der Waals surface area contributed by atoms with Gasteiger partial charge in [0.1, 0.15) is 23.7 Å². The van der Waals surface area contributed by atoms with Crippen molar-refractivity contribution in [3.8, 4) is 23.3 Å². The average Bonchev–Trinajstić information content (AvgIpc) is 3.29. The number of aromatic nitrogens is 4. The Kier molecular flexibility index (Phi) is 10.0. The fourth-order valence-corrected chi connectivity index (χ4v) is 11.1. The van der Waals surface area contributed by atoms with Gasteiger partial charge in [-0.2, -0.15) is 0 Å². The topological polar surface area (TPSA) is 95.0 Å². The Morgan fingerprint density at radius 2 is 1.07 bits per heavy atom. The van der Waals surface area contributed by atoms with Gasteiger partial charge in [0, 0.05) is 47.4 Å². The standard InChI is InChI=1S/C48H54N6O4/c1-5-29-27-53-21-17-31(29)23-43(53)45(35-15-19-49-41-13-11-33(55-3)25-39(35)41)57-47-37-9-7-8-10-38(37)48(52-51-47)58-46(44-24-32-18-22-54(44)28-30(32)6-2)36-16-20-50-42-14-12-34(56-4)26-40(36)42/h7-16,19-20,25-26,29-32,43-46H,5-6,17-18,21-24,27-28H2,1-4H3/t29?,30?,31-,32+,43-,44-,45-,46-/m1/s1. The highest BCUT2D eigenvalue weighted by Crippen LogP contribution is 2.47. The maximum absolute atomic E-state index is 7.30. The summed E-state index contributed by atoms with van der Waals surface area (Å²) in [6, 6.07) is 25.1. The smallest absolute Gasteiger partial charge is 0.242 e. The van der Waals surface area contributed by atoms with E-state index in [1.165, 1.54) is 25.7 Å². The Hall–Kier alpha value is -5.06. The molecule has 3 aromatic heterocycles. The number of fused-ring (bicyclic) bond motifs is 9. The fourth-order valence-electron chi connectivity index (χ4n) is 11.1. The summed E-state index contributed by atoms with van der Waals surface area (Å²) < 4.78 is 26.0. The molecule has 10 nitrogen and oxygen atoms in total. The second-order valence-corrected chi connectivity index (χ2v) is 17.0. The van der Waals surface area contributed by atoms with E-state index in [1.807, 2.05) is 36.7 Å². The molecule has 6 aliphatic heterocycles. The molecule has 4 unspecified atom stereocenters. The zero-order valence-electron chi connectivity index (χ0n) is 34.1. The zero-order valence-corrected chi connectivity index (χ0v) is 34.1. The molecule has 6 saturated heterocycles. The third kappa shape index (κ3) is 6.58. The van der Waals surface area contributed by atoms with Gasteiger partial charge in [-0.05, 0) is 123 Å². The predicted octanol–water partition coefficient (Wildman–Crippen LogP) is 9.22. The first-order chi connectivity index (χ1) is 28.5. The molecule has 3 aromatic carbocycles. The molecule has 12 rings (SSSR count). The van der Waals surface area contributed by atoms with Crippen LogP contribution in [0.3, 0.4) is 0 Å². The molecule has 4 bridgehead atoms. The lowest BCUT2D eigenvalue weighted by atomic mass is 9.72. The van der Waals surface area contributed by atoms with Gasteiger partial charge in [-0.15, -0.1) is 10.2 Å². The van der Waals surface area contributed by atoms with E-state index in [9.17, 15) is 0 Å². The van der Waals surface area contributed by atoms with Gasteiger partial charge in [0.2, 0.25) is 11.8 Å². The molecule has 10 heteroatoms. The minimum Gasteiger partial charge on any atom is -0.497 e. The molecule has 0 radical (unpaired) electrons. The number of nitrogens with zero attached hydrogens (tertiary/aromatic N) is 6. The quantitative estimate of drug-likeness (QED) is 0.120. The van der Waals surface area contributed by atoms with Crippen LogP contribution in [0.2, 0.25) is 0 Å². The fraction of sp³-hybridized carbons (Fsp3) is 0.458. The van der Waals surface area contributed by atoms with Gasteiger partial charge in [-0.1, -0.05) is 38.8 Å². The summed E-state index contributed by atoms with van der Waals surface area (Å²) in [5.41, 5.74) is 4.01. The lowest BCUT2D eigenvalue weighted by Crippen LogP contribution is -2.56. The Morgan fingerprint density at radius 3 is 1.47 bits per heavy atom. The van der Waals surface area contributed by atoms with Gasteiger partial charge >= 0.3 is 0 Å². The van der Waals surface area contributed by atoms with Crippen LogP contribution in [0.4, 0.5) is 0 Å². The molecule has 0 N–H and O–H groups in total. The zero-order chi connectivity index (χ0) is 39.3. The molecular weight excluding hydrogens is 725 g/mol. The van der Waals surface area contributed by atoms with Gasteiger partial charge < -0.3 is 18.9 Å². The SMILES string of the molecule is CCC1CN2CC[C@@H]1C[C@@H]2[C@H](Oc1nnc(O[C@H](c2ccnc3ccc(OC)cc23)[C@H]2C[C@@H]3CCN2CC3CC)c2ccccc12)c1ccnc2ccc(OC)cc12. The highest BCUT2D eigenvalue weighted by molar-refractivity contribution is 5.91. The van der Waals surface area contributed by atoms with E-state index >= 15 is 0 Å². The van der Waals surface area contributed by atoms with Crippen LogP contribution in [-0.4, -0.2) is 82.4 Å². The van der Waals surface area contributed by atoms with E-state index in [1.54, 1.807) is 14.2 Å². The van der Waals surface area contributed by atoms with Gasteiger partial charge in [0.15, 0.2) is 0 Å². The Morgan fingerprint density at radius 1 is 0.603 bits per heavy atom. The van der Waals surface area contributed by atoms with Crippen LogP contribution in [-0.2, 0) is 0 Å². The summed E-state index contributed by atoms with van der Waals surface area (Å²) in [6.45, 7) is 9.00. The summed E-state index contributed by atoms with van der Waals surface area (Å²) in [5, 5.41) is 13.7. The van der Waals surface area contributed by atoms with Crippen molar-refractivity contribution in [2.45, 2.75) is 76.7 Å². The molecule has 300 valence electrons. The minimum absolute atomic E-state index is 0.180. The number of ether oxygens (including phenoxy) is 4. The van der Waals surface area contributed by atoms with Crippen LogP contribution in [0.1, 0.15) is 75.7 Å². The van der Waals surface area contributed by atoms with Crippen molar-refractivity contribution < 1.29 is 18.9 Å². The van der Waals surface area contributed by atoms with Crippen molar-refractivity contribution in [2.75, 3.05) is 40.4 Å². The summed E-state index contributed by atoms with van der Waals surface area (Å²) in [6.07, 6.45) is 10.2. The van der Waals surface area contributed by atoms with E-state index in [0.717, 1.165) is 94.2 Å². The molecule has 9 heterocycles. The van der Waals surface area contributed by atoms with Gasteiger partial charge in [-0.3, -0.25) is 19.8 Å². The minimum atomic E-state index is -0.300. The number of hydrogen-bond donors (Lipinski definition) is 0. The number of pyridine rings is 2. The molecule has 6 fully saturated rings. The number of methoxy groups -OCH3 is 2. The maximum Gasteiger partial charge on any atom is 0.242 e. The molecular formula is C48H54N6O4. The molecule has 0 aliphatic carbocycles. The molecule has 6 aromatic rings. The molecule has 0 amide bonds. The Labute approximate surface area is 340 Å². The predicted molar refractivity (Wildman–Crippen MR) is 227 cm³/mol. The van der Waals surface area contributed by atoms with Crippen LogP contribution < -0.4 is 18.9 Å². The first-order valence-corrected chi connectivity index (χ1v) is 21.5. The van der Waals surface area contributed by atoms with E-state index in [2.05, 4.69) is 72.2 Å². The monoisotopic (exact) mass is 778 g/mol. The first-order valence-electron chi connectivity index (χ1n) is 21.5. The van der Waals surface area contributed by atoms with Gasteiger partial charge in [0.25, 0.3) is 0 Å². The van der Waals surface area contributed by atoms with Crippen molar-refractivity contribution in [1.82, 2.24) is 30.0 Å². The lowest BCUT2D eigenvalue weighted by Gasteiger charge is -2.52. The number of hydrogen-bond acceptors (Lipinski definition) is 10. The summed E-state index contributed by atoms with van der Waals surface area (Å²) >= 11 is 0. The maximum atomic E-state index is 7.30. The molecule has 58 heavy (non-hydrogen) atoms. The number of benzene rings is 3. The molecule has 6 aliphatic rings. The number of rotatable bonds is 12. The largest absolute Gasteiger partial charge is 0.497 e. The number of piperidine rings is 6. The van der Waals surface area contributed by atoms with Gasteiger partial charge in [0.05, 0.1) is 48.1 Å². The summed E-state index contributed by atoms with van der Waals surface area (Å²) in [4.78, 5) is 14.8. The summed E-state index contributed by atoms with van der Waals surface area (Å²) in [5.74, 6) is 5.39. The van der Waals surface area contributed by atoms with Crippen LogP contribution >= 0.6 is 0 Å². The van der Waals surface area contributed by atoms with Gasteiger partial charge in [-0.25, -0.2) is 0 Å². The van der Waals surface area contributed by atoms with Crippen LogP contribution in [0.25, 0.3) is 32.6 Å². The highest BCUT2D eigenvalue weighted by atomic mass is 16.5. The molecule has 10 atom stereocenters. The van der Waals surface area contributed by atoms with Crippen LogP contribution in [0.15, 0.2) is 85.2 Å². The van der Waals surface area contributed by atoms with Crippen LogP contribution in [0.5, 0.6) is 23.3 Å². The van der Waals surface area contributed by atoms with E-state index in [0.29, 0.717) is 35.4 Å². The van der Waals surface area contributed by atoms with Crippen LogP contribution in [0, 0.1) is 23.7 Å². The van der Waals surface area contributed by atoms with Crippen molar-refractivity contribution in [3.05, 3.63) is 96.3 Å². The van der Waals surface area contributed by atoms with Crippen molar-refractivity contribution >= 4 is 32.6 Å². The normalized spacial score (nSPS) is 27.4. The first kappa shape index (κ1) is 37.2. The summed E-state index contributed by atoms with van der Waals surface area (Å²) in [7, 11) is 3.42. The third-order valence-electron chi connectivity index (χ3n) is 14.3. The Balaban J connectivity index is 1.06. The highest BCUT2D eigenvalue weighted by Gasteiger charge is 2.46. The van der Waals surface area contributed by atoms with Crippen molar-refractivity contribution in [2.24, 2.45) is 23.7 Å². The lowest BCUT2D eigenvalue weighted by molar-refractivity contribution is -0.0505. The van der Waals surface area contributed by atoms with E-state index in [-0.39, 0.29) is 24.3 Å². The second kappa shape index (κ2) is 15.6. The van der Waals surface area contributed by atoms with E-state index in [4.69, 9.17) is 39.1 Å². The molecule has 0 spiro atoms. The third-order valence-corrected chi connectivity index (χ3v) is 14.3. The molecule has 0 saturated carbocycles. The van der Waals surface area contributed by atoms with Crippen molar-refractivity contribution in [1.29, 1.82) is 0 Å². The Bertz CT molecular complexity index is 2280. The van der Waals surface area contributed by atoms with E-state index < -0.39 is 0 Å².